The molecular formula is C26H45NO21. The van der Waals surface area contributed by atoms with Crippen LogP contribution in [0.2, 0.25) is 0 Å². The Morgan fingerprint density at radius 1 is 0.542 bits per heavy atom. The molecule has 14 N–H and O–H groups in total. The van der Waals surface area contributed by atoms with Crippen LogP contribution < -0.4 is 5.32 Å². The van der Waals surface area contributed by atoms with Gasteiger partial charge in [0.15, 0.2) is 25.2 Å². The third-order valence-corrected chi connectivity index (χ3v) is 8.59. The van der Waals surface area contributed by atoms with Crippen LogP contribution in [0.3, 0.4) is 0 Å². The van der Waals surface area contributed by atoms with Crippen molar-refractivity contribution >= 4 is 5.91 Å². The van der Waals surface area contributed by atoms with Gasteiger partial charge in [-0.25, -0.2) is 0 Å². The standard InChI is InChI=1S/C26H45NO21/c1-6(31)27-11-16(36)12(32)8(3-29)44-24(11)42-5-10-15(35)17(37)20(40)25(46-10)48-22-19(39)14(34)9(4-30)45-26(22)47-21-18(38)13(33)7(2-28)43-23(21)41/h7-26,28-30,32-41H,2-5H2,1H3,(H,27,31)/t7-,8-,9-,10-,11-,12-,13-,14-,15-,16-,17+,18+,19+,20+,21+,22+,23-,24+,25-,26-/m1/s1. The number of hydrogen-bond acceptors (Lipinski definition) is 21. The fraction of sp³-hybridized carbons (Fsp3) is 0.962. The highest BCUT2D eigenvalue weighted by Crippen LogP contribution is 2.33. The molecule has 1 amide bonds. The molecule has 22 nitrogen and oxygen atoms in total. The monoisotopic (exact) mass is 707 g/mol. The second-order valence-corrected chi connectivity index (χ2v) is 11.9. The summed E-state index contributed by atoms with van der Waals surface area (Å²) < 4.78 is 38.4. The highest BCUT2D eigenvalue weighted by Gasteiger charge is 2.54. The van der Waals surface area contributed by atoms with Crippen LogP contribution in [-0.2, 0) is 38.0 Å². The van der Waals surface area contributed by atoms with Crippen LogP contribution in [0.25, 0.3) is 0 Å². The van der Waals surface area contributed by atoms with Gasteiger partial charge in [0, 0.05) is 6.92 Å². The lowest BCUT2D eigenvalue weighted by molar-refractivity contribution is -0.392. The number of amides is 1. The van der Waals surface area contributed by atoms with E-state index in [-0.39, 0.29) is 0 Å². The summed E-state index contributed by atoms with van der Waals surface area (Å²) in [5, 5.41) is 136. The predicted octanol–water partition coefficient (Wildman–Crippen LogP) is -9.61. The van der Waals surface area contributed by atoms with E-state index in [4.69, 9.17) is 33.2 Å². The highest BCUT2D eigenvalue weighted by atomic mass is 16.8. The number of ether oxygens (including phenoxy) is 7. The van der Waals surface area contributed by atoms with Crippen molar-refractivity contribution in [2.45, 2.75) is 130 Å². The van der Waals surface area contributed by atoms with Gasteiger partial charge < -0.3 is 105 Å². The molecule has 4 aliphatic heterocycles. The molecule has 22 heteroatoms. The Balaban J connectivity index is 1.51. The Kier molecular flexibility index (Phi) is 13.8. The van der Waals surface area contributed by atoms with E-state index in [0.717, 1.165) is 6.92 Å². The van der Waals surface area contributed by atoms with Gasteiger partial charge in [0.25, 0.3) is 0 Å². The zero-order valence-corrected chi connectivity index (χ0v) is 25.5. The normalized spacial score (nSPS) is 50.2. The second-order valence-electron chi connectivity index (χ2n) is 11.9. The van der Waals surface area contributed by atoms with Crippen molar-refractivity contribution in [3.8, 4) is 0 Å². The summed E-state index contributed by atoms with van der Waals surface area (Å²) in [6.07, 6.45) is -33.7. The molecule has 4 rings (SSSR count). The third kappa shape index (κ3) is 8.24. The number of carbonyl (C=O) groups excluding carboxylic acids is 1. The Bertz CT molecular complexity index is 1030. The van der Waals surface area contributed by atoms with Crippen LogP contribution in [0.15, 0.2) is 0 Å². The molecule has 0 aromatic heterocycles. The fourth-order valence-corrected chi connectivity index (χ4v) is 5.81. The lowest BCUT2D eigenvalue weighted by Crippen LogP contribution is -2.67. The highest BCUT2D eigenvalue weighted by molar-refractivity contribution is 5.73. The molecule has 0 saturated carbocycles. The molecule has 0 aliphatic carbocycles. The van der Waals surface area contributed by atoms with Crippen molar-refractivity contribution in [3.63, 3.8) is 0 Å². The average Bonchev–Trinajstić information content (AvgIpc) is 3.06. The first-order chi connectivity index (χ1) is 22.6. The van der Waals surface area contributed by atoms with Crippen molar-refractivity contribution in [2.75, 3.05) is 26.4 Å². The Labute approximate surface area is 272 Å². The Hall–Kier alpha value is -1.33. The van der Waals surface area contributed by atoms with E-state index in [0.29, 0.717) is 0 Å². The van der Waals surface area contributed by atoms with Gasteiger partial charge in [-0.15, -0.1) is 0 Å². The molecule has 4 aliphatic rings. The van der Waals surface area contributed by atoms with Gasteiger partial charge in [-0.3, -0.25) is 4.79 Å². The molecule has 280 valence electrons. The Morgan fingerprint density at radius 2 is 1.00 bits per heavy atom. The fourth-order valence-electron chi connectivity index (χ4n) is 5.81. The van der Waals surface area contributed by atoms with E-state index < -0.39 is 155 Å². The zero-order valence-electron chi connectivity index (χ0n) is 25.5. The van der Waals surface area contributed by atoms with Gasteiger partial charge in [-0.2, -0.15) is 0 Å². The molecule has 20 atom stereocenters. The van der Waals surface area contributed by atoms with Crippen molar-refractivity contribution in [2.24, 2.45) is 0 Å². The average molecular weight is 708 g/mol. The molecule has 0 spiro atoms. The summed E-state index contributed by atoms with van der Waals surface area (Å²) in [5.74, 6) is -0.648. The molecule has 4 fully saturated rings. The number of carbonyl (C=O) groups is 1. The molecule has 4 saturated heterocycles. The SMILES string of the molecule is CC(=O)N[C@H]1[C@@H](OC[C@H]2O[C@H](O[C@@H]3[C@@H](O[C@H]4[C@@H](O)[C@H](O)[C@@H](CO)O[C@H]4O)O[C@H](CO)[C@@H](O)[C@@H]3O)[C@@H](O)[C@@H](O)[C@@H]2O)O[C@H](CO)[C@@H](O)[C@@H]1O. The minimum atomic E-state index is -2.05. The van der Waals surface area contributed by atoms with E-state index in [2.05, 4.69) is 5.32 Å². The molecule has 0 radical (unpaired) electrons. The van der Waals surface area contributed by atoms with E-state index >= 15 is 0 Å². The third-order valence-electron chi connectivity index (χ3n) is 8.59. The van der Waals surface area contributed by atoms with Crippen molar-refractivity contribution in [1.82, 2.24) is 5.32 Å². The molecule has 0 aromatic rings. The summed E-state index contributed by atoms with van der Waals surface area (Å²) in [6.45, 7) is -2.00. The van der Waals surface area contributed by atoms with Crippen LogP contribution in [0.1, 0.15) is 6.92 Å². The first-order valence-corrected chi connectivity index (χ1v) is 15.1. The molecular weight excluding hydrogens is 662 g/mol. The van der Waals surface area contributed by atoms with Gasteiger partial charge in [-0.1, -0.05) is 0 Å². The van der Waals surface area contributed by atoms with E-state index in [1.807, 2.05) is 0 Å². The first-order valence-electron chi connectivity index (χ1n) is 15.1. The molecule has 0 aromatic carbocycles. The summed E-state index contributed by atoms with van der Waals surface area (Å²) >= 11 is 0. The summed E-state index contributed by atoms with van der Waals surface area (Å²) in [5.41, 5.74) is 0. The van der Waals surface area contributed by atoms with Gasteiger partial charge in [-0.05, 0) is 0 Å². The second kappa shape index (κ2) is 16.8. The number of nitrogens with one attached hydrogen (secondary N) is 1. The maximum atomic E-state index is 11.7. The topological polar surface area (TPSA) is 357 Å². The first kappa shape index (κ1) is 39.5. The number of rotatable bonds is 11. The van der Waals surface area contributed by atoms with Crippen LogP contribution >= 0.6 is 0 Å². The molecule has 0 unspecified atom stereocenters. The van der Waals surface area contributed by atoms with Crippen molar-refractivity contribution in [3.05, 3.63) is 0 Å². The lowest BCUT2D eigenvalue weighted by atomic mass is 9.96. The Morgan fingerprint density at radius 3 is 1.56 bits per heavy atom. The minimum Gasteiger partial charge on any atom is -0.394 e. The summed E-state index contributed by atoms with van der Waals surface area (Å²) in [6, 6.07) is -1.38. The number of aliphatic hydroxyl groups excluding tert-OH is 13. The maximum Gasteiger partial charge on any atom is 0.217 e. The predicted molar refractivity (Wildman–Crippen MR) is 145 cm³/mol. The van der Waals surface area contributed by atoms with Crippen LogP contribution in [0, 0.1) is 0 Å². The van der Waals surface area contributed by atoms with Gasteiger partial charge in [0.2, 0.25) is 5.91 Å². The molecule has 4 heterocycles. The maximum absolute atomic E-state index is 11.7. The van der Waals surface area contributed by atoms with E-state index in [1.54, 1.807) is 0 Å². The van der Waals surface area contributed by atoms with E-state index in [1.165, 1.54) is 0 Å². The number of hydrogen-bond donors (Lipinski definition) is 14. The number of aliphatic hydroxyl groups is 13. The smallest absolute Gasteiger partial charge is 0.217 e. The van der Waals surface area contributed by atoms with Gasteiger partial charge in [0.1, 0.15) is 97.6 Å². The lowest BCUT2D eigenvalue weighted by Gasteiger charge is -2.48. The van der Waals surface area contributed by atoms with Crippen molar-refractivity contribution < 1.29 is 104 Å². The van der Waals surface area contributed by atoms with E-state index in [9.17, 15) is 71.2 Å². The minimum absolute atomic E-state index is 0.648. The van der Waals surface area contributed by atoms with Gasteiger partial charge in [0.05, 0.1) is 26.4 Å². The van der Waals surface area contributed by atoms with Gasteiger partial charge >= 0.3 is 0 Å². The molecule has 48 heavy (non-hydrogen) atoms. The quantitative estimate of drug-likeness (QED) is 0.0947. The van der Waals surface area contributed by atoms with Crippen LogP contribution in [-0.4, -0.2) is 221 Å². The summed E-state index contributed by atoms with van der Waals surface area (Å²) in [4.78, 5) is 11.7. The van der Waals surface area contributed by atoms with Crippen molar-refractivity contribution in [1.29, 1.82) is 0 Å². The summed E-state index contributed by atoms with van der Waals surface area (Å²) in [7, 11) is 0. The zero-order chi connectivity index (χ0) is 35.6. The van der Waals surface area contributed by atoms with Crippen LogP contribution in [0.5, 0.6) is 0 Å². The largest absolute Gasteiger partial charge is 0.394 e. The molecule has 0 bridgehead atoms. The van der Waals surface area contributed by atoms with Crippen LogP contribution in [0.4, 0.5) is 0 Å².